The van der Waals surface area contributed by atoms with Crippen LogP contribution in [0.3, 0.4) is 0 Å². The fourth-order valence-corrected chi connectivity index (χ4v) is 5.00. The number of nitrogens with zero attached hydrogens (tertiary/aromatic N) is 2. The van der Waals surface area contributed by atoms with Gasteiger partial charge in [-0.25, -0.2) is 10.0 Å². The van der Waals surface area contributed by atoms with Crippen LogP contribution in [-0.2, 0) is 15.7 Å². The lowest BCUT2D eigenvalue weighted by atomic mass is 10.1. The molecule has 0 aliphatic carbocycles. The van der Waals surface area contributed by atoms with E-state index in [1.807, 2.05) is 36.4 Å². The van der Waals surface area contributed by atoms with Crippen LogP contribution in [-0.4, -0.2) is 48.1 Å². The number of aromatic amines is 1. The molecule has 2 aliphatic heterocycles. The maximum atomic E-state index is 13.7. The minimum atomic E-state index is -4.57. The van der Waals surface area contributed by atoms with Crippen molar-refractivity contribution in [3.8, 4) is 0 Å². The molecule has 3 heterocycles. The highest BCUT2D eigenvalue weighted by molar-refractivity contribution is 6.35. The van der Waals surface area contributed by atoms with Gasteiger partial charge in [0.25, 0.3) is 11.8 Å². The Labute approximate surface area is 239 Å². The van der Waals surface area contributed by atoms with Gasteiger partial charge >= 0.3 is 6.18 Å². The molecule has 0 radical (unpaired) electrons. The van der Waals surface area contributed by atoms with Gasteiger partial charge in [0.15, 0.2) is 0 Å². The smallest absolute Gasteiger partial charge is 0.379 e. The van der Waals surface area contributed by atoms with Gasteiger partial charge in [0.05, 0.1) is 35.7 Å². The van der Waals surface area contributed by atoms with E-state index in [2.05, 4.69) is 15.6 Å². The number of nitrogens with one attached hydrogen (secondary N) is 3. The Morgan fingerprint density at radius 1 is 0.952 bits per heavy atom. The molecule has 2 aliphatic rings. The van der Waals surface area contributed by atoms with Crippen LogP contribution in [0.5, 0.6) is 0 Å². The van der Waals surface area contributed by atoms with E-state index in [9.17, 15) is 22.8 Å². The van der Waals surface area contributed by atoms with E-state index in [0.29, 0.717) is 54.6 Å². The van der Waals surface area contributed by atoms with Crippen molar-refractivity contribution in [1.82, 2.24) is 9.99 Å². The predicted molar refractivity (Wildman–Crippen MR) is 154 cm³/mol. The second kappa shape index (κ2) is 11.2. The molecule has 0 atom stereocenters. The number of H-pyrrole nitrogens is 1. The summed E-state index contributed by atoms with van der Waals surface area (Å²) in [6.45, 7) is 1.55. The van der Waals surface area contributed by atoms with Crippen LogP contribution < -0.4 is 15.6 Å². The number of carbonyl (C=O) groups excluding carboxylic acids is 2. The Hall–Kier alpha value is -4.87. The van der Waals surface area contributed by atoms with Crippen molar-refractivity contribution in [2.45, 2.75) is 6.18 Å². The topological polar surface area (TPSA) is 89.7 Å². The van der Waals surface area contributed by atoms with Crippen LogP contribution in [0.2, 0.25) is 0 Å². The van der Waals surface area contributed by atoms with Gasteiger partial charge in [-0.2, -0.15) is 13.2 Å². The van der Waals surface area contributed by atoms with Crippen molar-refractivity contribution in [1.29, 1.82) is 0 Å². The number of amides is 2. The van der Waals surface area contributed by atoms with Crippen molar-refractivity contribution in [3.63, 3.8) is 0 Å². The van der Waals surface area contributed by atoms with Crippen LogP contribution in [0.25, 0.3) is 11.6 Å². The van der Waals surface area contributed by atoms with E-state index in [1.165, 1.54) is 17.1 Å². The zero-order valence-corrected chi connectivity index (χ0v) is 22.2. The number of rotatable bonds is 6. The number of aromatic nitrogens is 1. The molecule has 3 aromatic carbocycles. The molecule has 0 unspecified atom stereocenters. The molecule has 2 amide bonds. The lowest BCUT2D eigenvalue weighted by Gasteiger charge is -2.37. The standard InChI is InChI=1S/C31H26F3N5O3/c32-31(33,34)21-5-1-4-20(16-21)30(41)39(38-12-14-42-15-13-38)25-8-2-6-23(17-25)36-24-9-10-26-27(18-22-7-3-11-35-22)29(40)37-28(26)19-24/h1-11,16-19,35-36H,12-15H2,(H,37,40). The maximum Gasteiger partial charge on any atom is 0.416 e. The molecule has 214 valence electrons. The summed E-state index contributed by atoms with van der Waals surface area (Å²) in [7, 11) is 0. The molecule has 4 aromatic rings. The largest absolute Gasteiger partial charge is 0.416 e. The molecule has 1 fully saturated rings. The van der Waals surface area contributed by atoms with E-state index < -0.39 is 17.6 Å². The SMILES string of the molecule is O=C1Nc2cc(Nc3cccc(N(C(=O)c4cccc(C(F)(F)F)c4)N4CCOCC4)c3)ccc2C1=Cc1ccc[nH]1. The average molecular weight is 574 g/mol. The van der Waals surface area contributed by atoms with Crippen LogP contribution in [0, 0.1) is 0 Å². The number of alkyl halides is 3. The number of carbonyl (C=O) groups is 2. The number of halogens is 3. The normalized spacial score (nSPS) is 16.3. The maximum absolute atomic E-state index is 13.7. The molecule has 1 aromatic heterocycles. The molecule has 8 nitrogen and oxygen atoms in total. The van der Waals surface area contributed by atoms with E-state index in [4.69, 9.17) is 4.74 Å². The summed E-state index contributed by atoms with van der Waals surface area (Å²) in [5.41, 5.74) is 3.67. The monoisotopic (exact) mass is 573 g/mol. The zero-order chi connectivity index (χ0) is 29.3. The molecule has 42 heavy (non-hydrogen) atoms. The molecule has 0 spiro atoms. The van der Waals surface area contributed by atoms with E-state index in [1.54, 1.807) is 35.5 Å². The summed E-state index contributed by atoms with van der Waals surface area (Å²) >= 11 is 0. The minimum absolute atomic E-state index is 0.0766. The Bertz CT molecular complexity index is 1660. The van der Waals surface area contributed by atoms with Crippen molar-refractivity contribution in [2.24, 2.45) is 0 Å². The molecule has 3 N–H and O–H groups in total. The lowest BCUT2D eigenvalue weighted by Crippen LogP contribution is -2.52. The molecular weight excluding hydrogens is 547 g/mol. The van der Waals surface area contributed by atoms with Crippen LogP contribution in [0.4, 0.5) is 35.9 Å². The van der Waals surface area contributed by atoms with Gasteiger partial charge in [0, 0.05) is 47.5 Å². The summed E-state index contributed by atoms with van der Waals surface area (Å²) in [5, 5.41) is 9.38. The highest BCUT2D eigenvalue weighted by atomic mass is 19.4. The van der Waals surface area contributed by atoms with E-state index in [-0.39, 0.29) is 11.5 Å². The van der Waals surface area contributed by atoms with Crippen molar-refractivity contribution in [2.75, 3.05) is 41.9 Å². The summed E-state index contributed by atoms with van der Waals surface area (Å²) in [6, 6.07) is 20.7. The molecule has 11 heteroatoms. The average Bonchev–Trinajstić information content (AvgIpc) is 3.61. The highest BCUT2D eigenvalue weighted by Gasteiger charge is 2.33. The number of hydrogen-bond acceptors (Lipinski definition) is 5. The van der Waals surface area contributed by atoms with Crippen LogP contribution >= 0.6 is 0 Å². The fourth-order valence-electron chi connectivity index (χ4n) is 5.00. The lowest BCUT2D eigenvalue weighted by molar-refractivity contribution is -0.137. The number of anilines is 4. The fraction of sp³-hybridized carbons (Fsp3) is 0.161. The van der Waals surface area contributed by atoms with Gasteiger partial charge in [0.2, 0.25) is 0 Å². The van der Waals surface area contributed by atoms with Crippen molar-refractivity contribution in [3.05, 3.63) is 107 Å². The minimum Gasteiger partial charge on any atom is -0.379 e. The third kappa shape index (κ3) is 5.65. The third-order valence-electron chi connectivity index (χ3n) is 7.00. The molecule has 6 rings (SSSR count). The predicted octanol–water partition coefficient (Wildman–Crippen LogP) is 6.16. The number of benzene rings is 3. The van der Waals surface area contributed by atoms with Gasteiger partial charge in [-0.05, 0) is 66.7 Å². The van der Waals surface area contributed by atoms with Gasteiger partial charge in [-0.3, -0.25) is 9.59 Å². The number of morpholine rings is 1. The first-order valence-electron chi connectivity index (χ1n) is 13.3. The molecule has 0 saturated carbocycles. The second-order valence-electron chi connectivity index (χ2n) is 9.83. The van der Waals surface area contributed by atoms with Crippen LogP contribution in [0.15, 0.2) is 85.1 Å². The summed E-state index contributed by atoms with van der Waals surface area (Å²) < 4.78 is 45.6. The quantitative estimate of drug-likeness (QED) is 0.240. The number of fused-ring (bicyclic) bond motifs is 1. The number of ether oxygens (including phenoxy) is 1. The Morgan fingerprint density at radius 2 is 1.74 bits per heavy atom. The van der Waals surface area contributed by atoms with Gasteiger partial charge in [-0.15, -0.1) is 0 Å². The van der Waals surface area contributed by atoms with Crippen LogP contribution in [0.1, 0.15) is 27.2 Å². The summed E-state index contributed by atoms with van der Waals surface area (Å²) in [6.07, 6.45) is -0.994. The second-order valence-corrected chi connectivity index (χ2v) is 9.83. The summed E-state index contributed by atoms with van der Waals surface area (Å²) in [5.74, 6) is -0.783. The van der Waals surface area contributed by atoms with Crippen molar-refractivity contribution < 1.29 is 27.5 Å². The van der Waals surface area contributed by atoms with E-state index in [0.717, 1.165) is 23.4 Å². The Balaban J connectivity index is 1.28. The van der Waals surface area contributed by atoms with Gasteiger partial charge < -0.3 is 20.4 Å². The van der Waals surface area contributed by atoms with Gasteiger partial charge in [-0.1, -0.05) is 18.2 Å². The number of hydrazine groups is 1. The number of hydrogen-bond donors (Lipinski definition) is 3. The first kappa shape index (κ1) is 27.3. The Kier molecular flexibility index (Phi) is 7.27. The zero-order valence-electron chi connectivity index (χ0n) is 22.2. The first-order chi connectivity index (χ1) is 20.3. The highest BCUT2D eigenvalue weighted by Crippen LogP contribution is 2.36. The molecular formula is C31H26F3N5O3. The summed E-state index contributed by atoms with van der Waals surface area (Å²) in [4.78, 5) is 29.4. The molecule has 1 saturated heterocycles. The van der Waals surface area contributed by atoms with Gasteiger partial charge in [0.1, 0.15) is 0 Å². The van der Waals surface area contributed by atoms with E-state index >= 15 is 0 Å². The Morgan fingerprint density at radius 3 is 2.50 bits per heavy atom. The van der Waals surface area contributed by atoms with Crippen molar-refractivity contribution >= 4 is 46.2 Å². The molecule has 0 bridgehead atoms. The first-order valence-corrected chi connectivity index (χ1v) is 13.3. The third-order valence-corrected chi connectivity index (χ3v) is 7.00.